The summed E-state index contributed by atoms with van der Waals surface area (Å²) in [4.78, 5) is 10.6. The molecular weight excluding hydrogens is 291 g/mol. The van der Waals surface area contributed by atoms with E-state index in [9.17, 15) is 14.3 Å². The standard InChI is InChI=1S/C12H12BrFO3/c13-9-2-1-7(10(14)3-9)4-12(17)5-8(6-12)11(15)16/h1-3,8,17H,4-6H2,(H,15,16). The number of carbonyl (C=O) groups is 1. The summed E-state index contributed by atoms with van der Waals surface area (Å²) >= 11 is 3.16. The summed E-state index contributed by atoms with van der Waals surface area (Å²) in [5.74, 6) is -1.78. The lowest BCUT2D eigenvalue weighted by Crippen LogP contribution is -2.48. The van der Waals surface area contributed by atoms with E-state index in [1.807, 2.05) is 0 Å². The number of halogens is 2. The van der Waals surface area contributed by atoms with Crippen LogP contribution in [0.2, 0.25) is 0 Å². The molecule has 92 valence electrons. The molecule has 0 atom stereocenters. The van der Waals surface area contributed by atoms with Gasteiger partial charge in [-0.15, -0.1) is 0 Å². The third kappa shape index (κ3) is 2.66. The fourth-order valence-electron chi connectivity index (χ4n) is 2.20. The summed E-state index contributed by atoms with van der Waals surface area (Å²) < 4.78 is 14.2. The minimum atomic E-state index is -1.07. The second-order valence-corrected chi connectivity index (χ2v) is 5.50. The molecule has 1 aliphatic rings. The molecule has 0 aliphatic heterocycles. The van der Waals surface area contributed by atoms with Crippen molar-refractivity contribution in [3.05, 3.63) is 34.1 Å². The van der Waals surface area contributed by atoms with Gasteiger partial charge in [-0.1, -0.05) is 22.0 Å². The molecule has 1 aromatic rings. The van der Waals surface area contributed by atoms with E-state index in [-0.39, 0.29) is 25.1 Å². The van der Waals surface area contributed by atoms with Crippen molar-refractivity contribution in [2.45, 2.75) is 24.9 Å². The summed E-state index contributed by atoms with van der Waals surface area (Å²) in [6, 6.07) is 4.65. The van der Waals surface area contributed by atoms with Crippen LogP contribution in [-0.4, -0.2) is 21.8 Å². The maximum absolute atomic E-state index is 13.5. The molecule has 2 rings (SSSR count). The Morgan fingerprint density at radius 2 is 2.18 bits per heavy atom. The molecule has 0 spiro atoms. The highest BCUT2D eigenvalue weighted by molar-refractivity contribution is 9.10. The minimum Gasteiger partial charge on any atom is -0.481 e. The first-order valence-electron chi connectivity index (χ1n) is 5.29. The maximum atomic E-state index is 13.5. The van der Waals surface area contributed by atoms with Gasteiger partial charge in [-0.25, -0.2) is 4.39 Å². The molecule has 2 N–H and O–H groups in total. The lowest BCUT2D eigenvalue weighted by Gasteiger charge is -2.41. The fourth-order valence-corrected chi connectivity index (χ4v) is 2.53. The highest BCUT2D eigenvalue weighted by Crippen LogP contribution is 2.40. The molecule has 1 aromatic carbocycles. The number of hydrogen-bond acceptors (Lipinski definition) is 2. The zero-order chi connectivity index (χ0) is 12.6. The molecule has 17 heavy (non-hydrogen) atoms. The number of aliphatic carboxylic acids is 1. The van der Waals surface area contributed by atoms with Crippen LogP contribution in [-0.2, 0) is 11.2 Å². The molecule has 0 aromatic heterocycles. The summed E-state index contributed by atoms with van der Waals surface area (Å²) in [6.07, 6.45) is 0.547. The van der Waals surface area contributed by atoms with E-state index >= 15 is 0 Å². The number of hydrogen-bond donors (Lipinski definition) is 2. The van der Waals surface area contributed by atoms with Crippen molar-refractivity contribution in [3.63, 3.8) is 0 Å². The minimum absolute atomic E-state index is 0.163. The van der Waals surface area contributed by atoms with E-state index in [1.165, 1.54) is 6.07 Å². The Hall–Kier alpha value is -0.940. The lowest BCUT2D eigenvalue weighted by atomic mass is 9.68. The Balaban J connectivity index is 2.05. The highest BCUT2D eigenvalue weighted by atomic mass is 79.9. The Bertz CT molecular complexity index is 455. The molecule has 0 radical (unpaired) electrons. The van der Waals surface area contributed by atoms with Gasteiger partial charge in [-0.3, -0.25) is 4.79 Å². The van der Waals surface area contributed by atoms with Crippen LogP contribution in [0.3, 0.4) is 0 Å². The monoisotopic (exact) mass is 302 g/mol. The summed E-state index contributed by atoms with van der Waals surface area (Å²) in [6.45, 7) is 0. The smallest absolute Gasteiger partial charge is 0.306 e. The molecule has 1 saturated carbocycles. The molecular formula is C12H12BrFO3. The van der Waals surface area contributed by atoms with Crippen molar-refractivity contribution in [2.75, 3.05) is 0 Å². The van der Waals surface area contributed by atoms with Crippen molar-refractivity contribution in [2.24, 2.45) is 5.92 Å². The van der Waals surface area contributed by atoms with Gasteiger partial charge >= 0.3 is 5.97 Å². The molecule has 0 amide bonds. The van der Waals surface area contributed by atoms with Gasteiger partial charge in [0.1, 0.15) is 5.82 Å². The average Bonchev–Trinajstić information content (AvgIpc) is 2.18. The second kappa shape index (κ2) is 4.38. The number of carboxylic acids is 1. The van der Waals surface area contributed by atoms with Crippen LogP contribution >= 0.6 is 15.9 Å². The third-order valence-corrected chi connectivity index (χ3v) is 3.63. The highest BCUT2D eigenvalue weighted by Gasteiger charge is 2.46. The lowest BCUT2D eigenvalue weighted by molar-refractivity contribution is -0.158. The van der Waals surface area contributed by atoms with Gasteiger partial charge in [0.25, 0.3) is 0 Å². The zero-order valence-corrected chi connectivity index (χ0v) is 10.6. The summed E-state index contributed by atoms with van der Waals surface area (Å²) in [7, 11) is 0. The molecule has 3 nitrogen and oxygen atoms in total. The van der Waals surface area contributed by atoms with Crippen LogP contribution in [0.1, 0.15) is 18.4 Å². The maximum Gasteiger partial charge on any atom is 0.306 e. The molecule has 1 aliphatic carbocycles. The summed E-state index contributed by atoms with van der Waals surface area (Å²) in [5, 5.41) is 18.8. The van der Waals surface area contributed by atoms with E-state index in [2.05, 4.69) is 15.9 Å². The first-order chi connectivity index (χ1) is 7.89. The van der Waals surface area contributed by atoms with Crippen LogP contribution in [0.5, 0.6) is 0 Å². The second-order valence-electron chi connectivity index (χ2n) is 4.58. The van der Waals surface area contributed by atoms with Crippen LogP contribution in [0.25, 0.3) is 0 Å². The van der Waals surface area contributed by atoms with Gasteiger partial charge in [0.05, 0.1) is 11.5 Å². The van der Waals surface area contributed by atoms with Crippen LogP contribution < -0.4 is 0 Å². The Morgan fingerprint density at radius 3 is 2.71 bits per heavy atom. The largest absolute Gasteiger partial charge is 0.481 e. The van der Waals surface area contributed by atoms with Gasteiger partial charge in [-0.2, -0.15) is 0 Å². The Morgan fingerprint density at radius 1 is 1.53 bits per heavy atom. The van der Waals surface area contributed by atoms with Crippen molar-refractivity contribution < 1.29 is 19.4 Å². The summed E-state index contributed by atoms with van der Waals surface area (Å²) in [5.41, 5.74) is -0.655. The van der Waals surface area contributed by atoms with Crippen molar-refractivity contribution in [3.8, 4) is 0 Å². The molecule has 1 fully saturated rings. The van der Waals surface area contributed by atoms with E-state index in [1.54, 1.807) is 12.1 Å². The quantitative estimate of drug-likeness (QED) is 0.901. The van der Waals surface area contributed by atoms with Gasteiger partial charge in [-0.05, 0) is 30.5 Å². The van der Waals surface area contributed by atoms with Crippen LogP contribution in [0, 0.1) is 11.7 Å². The third-order valence-electron chi connectivity index (χ3n) is 3.14. The van der Waals surface area contributed by atoms with Gasteiger partial charge in [0.15, 0.2) is 0 Å². The predicted molar refractivity (Wildman–Crippen MR) is 63.1 cm³/mol. The van der Waals surface area contributed by atoms with E-state index < -0.39 is 17.5 Å². The molecule has 0 bridgehead atoms. The Kier molecular flexibility index (Phi) is 3.23. The van der Waals surface area contributed by atoms with Gasteiger partial charge in [0, 0.05) is 10.9 Å². The fraction of sp³-hybridized carbons (Fsp3) is 0.417. The normalized spacial score (nSPS) is 27.6. The SMILES string of the molecule is O=C(O)C1CC(O)(Cc2ccc(Br)cc2F)C1. The van der Waals surface area contributed by atoms with E-state index in [4.69, 9.17) is 5.11 Å². The first-order valence-corrected chi connectivity index (χ1v) is 6.08. The van der Waals surface area contributed by atoms with Crippen LogP contribution in [0.15, 0.2) is 22.7 Å². The van der Waals surface area contributed by atoms with Crippen LogP contribution in [0.4, 0.5) is 4.39 Å². The number of benzene rings is 1. The predicted octanol–water partition coefficient (Wildman–Crippen LogP) is 2.36. The molecule has 0 unspecified atom stereocenters. The zero-order valence-electron chi connectivity index (χ0n) is 8.99. The molecule has 0 saturated heterocycles. The number of rotatable bonds is 3. The average molecular weight is 303 g/mol. The first kappa shape index (κ1) is 12.5. The van der Waals surface area contributed by atoms with E-state index in [0.29, 0.717) is 10.0 Å². The van der Waals surface area contributed by atoms with Crippen molar-refractivity contribution >= 4 is 21.9 Å². The molecule has 5 heteroatoms. The molecule has 0 heterocycles. The van der Waals surface area contributed by atoms with Crippen molar-refractivity contribution in [1.82, 2.24) is 0 Å². The number of aliphatic hydroxyl groups is 1. The van der Waals surface area contributed by atoms with Crippen molar-refractivity contribution in [1.29, 1.82) is 0 Å². The van der Waals surface area contributed by atoms with Gasteiger partial charge in [0.2, 0.25) is 0 Å². The van der Waals surface area contributed by atoms with E-state index in [0.717, 1.165) is 0 Å². The Labute approximate surface area is 106 Å². The number of carboxylic acid groups (broad SMARTS) is 1. The van der Waals surface area contributed by atoms with Gasteiger partial charge < -0.3 is 10.2 Å². The topological polar surface area (TPSA) is 57.5 Å².